The Morgan fingerprint density at radius 3 is 2.67 bits per heavy atom. The van der Waals surface area contributed by atoms with E-state index in [1.165, 1.54) is 0 Å². The lowest BCUT2D eigenvalue weighted by molar-refractivity contribution is -0.118. The fourth-order valence-corrected chi connectivity index (χ4v) is 1.97. The maximum absolute atomic E-state index is 11.9. The van der Waals surface area contributed by atoms with Crippen LogP contribution in [0, 0.1) is 6.92 Å². The third-order valence-electron chi connectivity index (χ3n) is 2.54. The normalized spacial score (nSPS) is 10.1. The minimum atomic E-state index is -0.368. The predicted molar refractivity (Wildman–Crippen MR) is 74.1 cm³/mol. The van der Waals surface area contributed by atoms with Crippen LogP contribution in [0.1, 0.15) is 28.8 Å². The van der Waals surface area contributed by atoms with E-state index in [1.54, 1.807) is 19.1 Å². The number of benzene rings is 1. The van der Waals surface area contributed by atoms with Crippen LogP contribution in [-0.4, -0.2) is 18.4 Å². The van der Waals surface area contributed by atoms with Gasteiger partial charge in [0.1, 0.15) is 0 Å². The molecule has 5 N–H and O–H groups in total. The molecule has 0 unspecified atom stereocenters. The SMILES string of the molecule is Cc1c(N)cc(Br)cc1C(=O)NCCCC(N)=O. The smallest absolute Gasteiger partial charge is 0.251 e. The lowest BCUT2D eigenvalue weighted by Crippen LogP contribution is -2.26. The van der Waals surface area contributed by atoms with Gasteiger partial charge in [0.2, 0.25) is 5.91 Å². The van der Waals surface area contributed by atoms with Crippen LogP contribution in [0.3, 0.4) is 0 Å². The second-order valence-electron chi connectivity index (χ2n) is 3.99. The minimum absolute atomic E-state index is 0.204. The number of anilines is 1. The van der Waals surface area contributed by atoms with E-state index in [0.29, 0.717) is 24.2 Å². The maximum atomic E-state index is 11.9. The first-order chi connectivity index (χ1) is 8.41. The molecule has 2 amide bonds. The molecule has 0 saturated carbocycles. The first kappa shape index (κ1) is 14.5. The molecule has 0 atom stereocenters. The van der Waals surface area contributed by atoms with E-state index >= 15 is 0 Å². The number of halogens is 1. The number of hydrogen-bond donors (Lipinski definition) is 3. The average molecular weight is 314 g/mol. The van der Waals surface area contributed by atoms with Crippen LogP contribution in [0.25, 0.3) is 0 Å². The molecule has 6 heteroatoms. The zero-order chi connectivity index (χ0) is 13.7. The molecule has 5 nitrogen and oxygen atoms in total. The minimum Gasteiger partial charge on any atom is -0.398 e. The molecule has 0 aliphatic heterocycles. The van der Waals surface area contributed by atoms with Gasteiger partial charge in [-0.1, -0.05) is 15.9 Å². The van der Waals surface area contributed by atoms with Crippen molar-refractivity contribution < 1.29 is 9.59 Å². The molecule has 98 valence electrons. The van der Waals surface area contributed by atoms with Gasteiger partial charge in [0.05, 0.1) is 0 Å². The second-order valence-corrected chi connectivity index (χ2v) is 4.91. The summed E-state index contributed by atoms with van der Waals surface area (Å²) in [5, 5.41) is 2.73. The van der Waals surface area contributed by atoms with E-state index < -0.39 is 0 Å². The molecule has 0 aromatic heterocycles. The zero-order valence-electron chi connectivity index (χ0n) is 10.1. The summed E-state index contributed by atoms with van der Waals surface area (Å²) < 4.78 is 0.757. The van der Waals surface area contributed by atoms with Gasteiger partial charge in [-0.3, -0.25) is 9.59 Å². The van der Waals surface area contributed by atoms with Crippen LogP contribution in [0.2, 0.25) is 0 Å². The third-order valence-corrected chi connectivity index (χ3v) is 3.00. The Kier molecular flexibility index (Phi) is 5.15. The molecule has 0 saturated heterocycles. The summed E-state index contributed by atoms with van der Waals surface area (Å²) in [6, 6.07) is 3.47. The predicted octanol–water partition coefficient (Wildman–Crippen LogP) is 1.34. The van der Waals surface area contributed by atoms with Crippen molar-refractivity contribution in [2.45, 2.75) is 19.8 Å². The molecule has 0 radical (unpaired) electrons. The van der Waals surface area contributed by atoms with Gasteiger partial charge in [0.25, 0.3) is 5.91 Å². The fourth-order valence-electron chi connectivity index (χ4n) is 1.50. The Morgan fingerprint density at radius 1 is 1.39 bits per heavy atom. The van der Waals surface area contributed by atoms with E-state index in [1.807, 2.05) is 0 Å². The number of carbonyl (C=O) groups excluding carboxylic acids is 2. The van der Waals surface area contributed by atoms with Gasteiger partial charge in [0, 0.05) is 28.7 Å². The first-order valence-corrected chi connectivity index (χ1v) is 6.33. The second kappa shape index (κ2) is 6.39. The van der Waals surface area contributed by atoms with Gasteiger partial charge in [-0.25, -0.2) is 0 Å². The highest BCUT2D eigenvalue weighted by Crippen LogP contribution is 2.22. The number of carbonyl (C=O) groups is 2. The molecule has 0 aliphatic rings. The van der Waals surface area contributed by atoms with Gasteiger partial charge in [-0.15, -0.1) is 0 Å². The number of nitrogens with two attached hydrogens (primary N) is 2. The van der Waals surface area contributed by atoms with Crippen LogP contribution < -0.4 is 16.8 Å². The fraction of sp³-hybridized carbons (Fsp3) is 0.333. The number of nitrogens with one attached hydrogen (secondary N) is 1. The highest BCUT2D eigenvalue weighted by atomic mass is 79.9. The molecule has 0 aliphatic carbocycles. The van der Waals surface area contributed by atoms with Crippen LogP contribution in [0.5, 0.6) is 0 Å². The monoisotopic (exact) mass is 313 g/mol. The molecule has 18 heavy (non-hydrogen) atoms. The van der Waals surface area contributed by atoms with Crippen molar-refractivity contribution in [2.75, 3.05) is 12.3 Å². The molecule has 1 aromatic carbocycles. The third kappa shape index (κ3) is 4.03. The van der Waals surface area contributed by atoms with Crippen molar-refractivity contribution in [3.63, 3.8) is 0 Å². The van der Waals surface area contributed by atoms with Gasteiger partial charge >= 0.3 is 0 Å². The first-order valence-electron chi connectivity index (χ1n) is 5.54. The molecule has 0 spiro atoms. The van der Waals surface area contributed by atoms with Gasteiger partial charge in [-0.2, -0.15) is 0 Å². The summed E-state index contributed by atoms with van der Waals surface area (Å²) in [5.74, 6) is -0.572. The van der Waals surface area contributed by atoms with Crippen molar-refractivity contribution in [3.8, 4) is 0 Å². The summed E-state index contributed by atoms with van der Waals surface area (Å²) in [5.41, 5.74) is 12.6. The van der Waals surface area contributed by atoms with Crippen molar-refractivity contribution in [2.24, 2.45) is 5.73 Å². The van der Waals surface area contributed by atoms with E-state index in [2.05, 4.69) is 21.2 Å². The molecule has 1 rings (SSSR count). The topological polar surface area (TPSA) is 98.2 Å². The molecular formula is C12H16BrN3O2. The Balaban J connectivity index is 2.64. The molecular weight excluding hydrogens is 298 g/mol. The van der Waals surface area contributed by atoms with E-state index in [0.717, 1.165) is 10.0 Å². The highest BCUT2D eigenvalue weighted by molar-refractivity contribution is 9.10. The maximum Gasteiger partial charge on any atom is 0.251 e. The molecule has 0 bridgehead atoms. The Bertz CT molecular complexity index is 475. The number of primary amides is 1. The Labute approximate surface area is 114 Å². The molecule has 1 aromatic rings. The standard InChI is InChI=1S/C12H16BrN3O2/c1-7-9(5-8(13)6-10(7)14)12(18)16-4-2-3-11(15)17/h5-6H,2-4,14H2,1H3,(H2,15,17)(H,16,18). The van der Waals surface area contributed by atoms with Crippen molar-refractivity contribution >= 4 is 33.4 Å². The number of nitrogen functional groups attached to an aromatic ring is 1. The summed E-state index contributed by atoms with van der Waals surface area (Å²) >= 11 is 3.30. The summed E-state index contributed by atoms with van der Waals surface area (Å²) in [4.78, 5) is 22.5. The van der Waals surface area contributed by atoms with Gasteiger partial charge < -0.3 is 16.8 Å². The van der Waals surface area contributed by atoms with Crippen molar-refractivity contribution in [1.82, 2.24) is 5.32 Å². The number of hydrogen-bond acceptors (Lipinski definition) is 3. The number of amides is 2. The zero-order valence-corrected chi connectivity index (χ0v) is 11.7. The van der Waals surface area contributed by atoms with Gasteiger partial charge in [0.15, 0.2) is 0 Å². The number of rotatable bonds is 5. The molecule has 0 heterocycles. The summed E-state index contributed by atoms with van der Waals surface area (Å²) in [6.45, 7) is 2.20. The lowest BCUT2D eigenvalue weighted by atomic mass is 10.1. The average Bonchev–Trinajstić information content (AvgIpc) is 2.28. The van der Waals surface area contributed by atoms with E-state index in [4.69, 9.17) is 11.5 Å². The van der Waals surface area contributed by atoms with E-state index in [-0.39, 0.29) is 18.2 Å². The Morgan fingerprint density at radius 2 is 2.06 bits per heavy atom. The summed E-state index contributed by atoms with van der Waals surface area (Å²) in [7, 11) is 0. The van der Waals surface area contributed by atoms with Gasteiger partial charge in [-0.05, 0) is 31.0 Å². The van der Waals surface area contributed by atoms with Crippen molar-refractivity contribution in [1.29, 1.82) is 0 Å². The highest BCUT2D eigenvalue weighted by Gasteiger charge is 2.11. The quantitative estimate of drug-likeness (QED) is 0.565. The largest absolute Gasteiger partial charge is 0.398 e. The molecule has 0 fully saturated rings. The van der Waals surface area contributed by atoms with Crippen LogP contribution in [0.4, 0.5) is 5.69 Å². The van der Waals surface area contributed by atoms with Crippen LogP contribution >= 0.6 is 15.9 Å². The van der Waals surface area contributed by atoms with Crippen LogP contribution in [0.15, 0.2) is 16.6 Å². The van der Waals surface area contributed by atoms with E-state index in [9.17, 15) is 9.59 Å². The Hall–Kier alpha value is -1.56. The lowest BCUT2D eigenvalue weighted by Gasteiger charge is -2.10. The van der Waals surface area contributed by atoms with Crippen LogP contribution in [-0.2, 0) is 4.79 Å². The summed E-state index contributed by atoms with van der Waals surface area (Å²) in [6.07, 6.45) is 0.795. The van der Waals surface area contributed by atoms with Crippen molar-refractivity contribution in [3.05, 3.63) is 27.7 Å².